The SMILES string of the molecule is CC(C)(CCc1ccccc1)Nc1ccc([N+](=O)[O-])cn1. The molecule has 0 radical (unpaired) electrons. The van der Waals surface area contributed by atoms with Crippen LogP contribution in [0.3, 0.4) is 0 Å². The number of aromatic nitrogens is 1. The quantitative estimate of drug-likeness (QED) is 0.647. The summed E-state index contributed by atoms with van der Waals surface area (Å²) in [5.74, 6) is 0.652. The van der Waals surface area contributed by atoms with Crippen LogP contribution in [0.15, 0.2) is 48.7 Å². The predicted molar refractivity (Wildman–Crippen MR) is 83.4 cm³/mol. The molecule has 5 heteroatoms. The zero-order valence-corrected chi connectivity index (χ0v) is 12.2. The van der Waals surface area contributed by atoms with E-state index in [9.17, 15) is 10.1 Å². The van der Waals surface area contributed by atoms with Crippen LogP contribution in [0, 0.1) is 10.1 Å². The van der Waals surface area contributed by atoms with Crippen molar-refractivity contribution >= 4 is 11.5 Å². The van der Waals surface area contributed by atoms with E-state index in [1.54, 1.807) is 6.07 Å². The average Bonchev–Trinajstić information content (AvgIpc) is 2.46. The Balaban J connectivity index is 1.95. The molecule has 1 N–H and O–H groups in total. The molecule has 0 bridgehead atoms. The van der Waals surface area contributed by atoms with Gasteiger partial charge in [0.25, 0.3) is 5.69 Å². The Hall–Kier alpha value is -2.43. The third kappa shape index (κ3) is 4.56. The molecule has 0 aliphatic carbocycles. The Morgan fingerprint density at radius 1 is 1.19 bits per heavy atom. The van der Waals surface area contributed by atoms with Crippen molar-refractivity contribution in [2.24, 2.45) is 0 Å². The van der Waals surface area contributed by atoms with Crippen molar-refractivity contribution in [3.8, 4) is 0 Å². The second kappa shape index (κ2) is 6.35. The van der Waals surface area contributed by atoms with E-state index in [1.807, 2.05) is 18.2 Å². The second-order valence-electron chi connectivity index (χ2n) is 5.65. The largest absolute Gasteiger partial charge is 0.365 e. The highest BCUT2D eigenvalue weighted by Gasteiger charge is 2.18. The Kier molecular flexibility index (Phi) is 4.52. The average molecular weight is 285 g/mol. The molecule has 0 aliphatic heterocycles. The van der Waals surface area contributed by atoms with Crippen LogP contribution in [0.2, 0.25) is 0 Å². The van der Waals surface area contributed by atoms with Crippen molar-refractivity contribution in [3.05, 3.63) is 64.3 Å². The van der Waals surface area contributed by atoms with Crippen LogP contribution < -0.4 is 5.32 Å². The summed E-state index contributed by atoms with van der Waals surface area (Å²) < 4.78 is 0. The highest BCUT2D eigenvalue weighted by atomic mass is 16.6. The number of hydrogen-bond donors (Lipinski definition) is 1. The summed E-state index contributed by atoms with van der Waals surface area (Å²) in [6, 6.07) is 13.4. The van der Waals surface area contributed by atoms with Gasteiger partial charge in [-0.1, -0.05) is 30.3 Å². The van der Waals surface area contributed by atoms with Gasteiger partial charge in [0.2, 0.25) is 0 Å². The lowest BCUT2D eigenvalue weighted by molar-refractivity contribution is -0.385. The first-order chi connectivity index (χ1) is 9.96. The first-order valence-electron chi connectivity index (χ1n) is 6.89. The maximum absolute atomic E-state index is 10.6. The number of hydrogen-bond acceptors (Lipinski definition) is 4. The molecule has 110 valence electrons. The molecular formula is C16H19N3O2. The molecule has 5 nitrogen and oxygen atoms in total. The van der Waals surface area contributed by atoms with E-state index in [4.69, 9.17) is 0 Å². The summed E-state index contributed by atoms with van der Waals surface area (Å²) in [5, 5.41) is 13.9. The first-order valence-corrected chi connectivity index (χ1v) is 6.89. The molecule has 0 atom stereocenters. The van der Waals surface area contributed by atoms with Gasteiger partial charge in [0.15, 0.2) is 0 Å². The zero-order valence-electron chi connectivity index (χ0n) is 12.2. The fraction of sp³-hybridized carbons (Fsp3) is 0.312. The molecule has 1 heterocycles. The molecule has 0 saturated heterocycles. The lowest BCUT2D eigenvalue weighted by Crippen LogP contribution is -2.31. The number of aryl methyl sites for hydroxylation is 1. The van der Waals surface area contributed by atoms with Crippen LogP contribution in [0.1, 0.15) is 25.8 Å². The Morgan fingerprint density at radius 2 is 1.90 bits per heavy atom. The van der Waals surface area contributed by atoms with Gasteiger partial charge in [0.1, 0.15) is 12.0 Å². The predicted octanol–water partition coefficient (Wildman–Crippen LogP) is 3.81. The Bertz CT molecular complexity index is 595. The second-order valence-corrected chi connectivity index (χ2v) is 5.65. The van der Waals surface area contributed by atoms with Crippen LogP contribution in [0.4, 0.5) is 11.5 Å². The fourth-order valence-electron chi connectivity index (χ4n) is 2.08. The molecule has 0 unspecified atom stereocenters. The lowest BCUT2D eigenvalue weighted by atomic mass is 9.95. The molecule has 0 aliphatic rings. The Morgan fingerprint density at radius 3 is 2.48 bits per heavy atom. The highest BCUT2D eigenvalue weighted by Crippen LogP contribution is 2.20. The topological polar surface area (TPSA) is 68.1 Å². The van der Waals surface area contributed by atoms with Gasteiger partial charge in [-0.05, 0) is 38.3 Å². The minimum atomic E-state index is -0.447. The van der Waals surface area contributed by atoms with Gasteiger partial charge in [0.05, 0.1) is 4.92 Å². The van der Waals surface area contributed by atoms with E-state index in [2.05, 4.69) is 36.3 Å². The number of benzene rings is 1. The zero-order chi connectivity index (χ0) is 15.3. The van der Waals surface area contributed by atoms with Gasteiger partial charge < -0.3 is 5.32 Å². The summed E-state index contributed by atoms with van der Waals surface area (Å²) in [6.07, 6.45) is 3.18. The van der Waals surface area contributed by atoms with Crippen LogP contribution in [0.25, 0.3) is 0 Å². The molecule has 0 spiro atoms. The van der Waals surface area contributed by atoms with Gasteiger partial charge in [-0.3, -0.25) is 10.1 Å². The lowest BCUT2D eigenvalue weighted by Gasteiger charge is -2.27. The molecule has 1 aromatic heterocycles. The van der Waals surface area contributed by atoms with Gasteiger partial charge in [-0.25, -0.2) is 4.98 Å². The van der Waals surface area contributed by atoms with Crippen molar-refractivity contribution in [1.82, 2.24) is 4.98 Å². The molecule has 1 aromatic carbocycles. The van der Waals surface area contributed by atoms with Crippen LogP contribution in [-0.2, 0) is 6.42 Å². The molecule has 21 heavy (non-hydrogen) atoms. The number of nitrogens with zero attached hydrogens (tertiary/aromatic N) is 2. The minimum Gasteiger partial charge on any atom is -0.365 e. The number of anilines is 1. The number of nitrogens with one attached hydrogen (secondary N) is 1. The van der Waals surface area contributed by atoms with E-state index in [0.29, 0.717) is 5.82 Å². The fourth-order valence-corrected chi connectivity index (χ4v) is 2.08. The Labute approximate surface area is 124 Å². The maximum Gasteiger partial charge on any atom is 0.287 e. The summed E-state index contributed by atoms with van der Waals surface area (Å²) in [4.78, 5) is 14.2. The van der Waals surface area contributed by atoms with Crippen molar-refractivity contribution in [3.63, 3.8) is 0 Å². The third-order valence-corrected chi connectivity index (χ3v) is 3.31. The standard InChI is InChI=1S/C16H19N3O2/c1-16(2,11-10-13-6-4-3-5-7-13)18-15-9-8-14(12-17-15)19(20)21/h3-9,12H,10-11H2,1-2H3,(H,17,18). The van der Waals surface area contributed by atoms with Crippen molar-refractivity contribution in [2.75, 3.05) is 5.32 Å². The summed E-state index contributed by atoms with van der Waals surface area (Å²) >= 11 is 0. The van der Waals surface area contributed by atoms with Gasteiger partial charge in [-0.2, -0.15) is 0 Å². The van der Waals surface area contributed by atoms with Gasteiger partial charge in [0, 0.05) is 11.6 Å². The van der Waals surface area contributed by atoms with Crippen LogP contribution >= 0.6 is 0 Å². The maximum atomic E-state index is 10.6. The summed E-state index contributed by atoms with van der Waals surface area (Å²) in [5.41, 5.74) is 1.16. The molecule has 0 fully saturated rings. The minimum absolute atomic E-state index is 0.00245. The monoisotopic (exact) mass is 285 g/mol. The van der Waals surface area contributed by atoms with E-state index in [1.165, 1.54) is 17.8 Å². The number of nitro groups is 1. The molecule has 0 saturated carbocycles. The van der Waals surface area contributed by atoms with E-state index in [0.717, 1.165) is 12.8 Å². The van der Waals surface area contributed by atoms with E-state index < -0.39 is 4.92 Å². The molecule has 2 aromatic rings. The molecule has 0 amide bonds. The number of rotatable bonds is 6. The van der Waals surface area contributed by atoms with E-state index in [-0.39, 0.29) is 11.2 Å². The normalized spacial score (nSPS) is 11.1. The summed E-state index contributed by atoms with van der Waals surface area (Å²) in [6.45, 7) is 4.19. The van der Waals surface area contributed by atoms with E-state index >= 15 is 0 Å². The van der Waals surface area contributed by atoms with Crippen molar-refractivity contribution in [1.29, 1.82) is 0 Å². The van der Waals surface area contributed by atoms with Crippen molar-refractivity contribution in [2.45, 2.75) is 32.2 Å². The first kappa shape index (κ1) is 15.0. The van der Waals surface area contributed by atoms with Gasteiger partial charge in [-0.15, -0.1) is 0 Å². The van der Waals surface area contributed by atoms with Crippen LogP contribution in [0.5, 0.6) is 0 Å². The molecular weight excluding hydrogens is 266 g/mol. The third-order valence-electron chi connectivity index (χ3n) is 3.31. The summed E-state index contributed by atoms with van der Waals surface area (Å²) in [7, 11) is 0. The highest BCUT2D eigenvalue weighted by molar-refractivity contribution is 5.42. The number of pyridine rings is 1. The van der Waals surface area contributed by atoms with Crippen LogP contribution in [-0.4, -0.2) is 15.4 Å². The molecule has 2 rings (SSSR count). The van der Waals surface area contributed by atoms with Gasteiger partial charge >= 0.3 is 0 Å². The smallest absolute Gasteiger partial charge is 0.287 e. The van der Waals surface area contributed by atoms with Crippen molar-refractivity contribution < 1.29 is 4.92 Å².